The minimum atomic E-state index is -0.582. The summed E-state index contributed by atoms with van der Waals surface area (Å²) in [7, 11) is 0. The lowest BCUT2D eigenvalue weighted by Crippen LogP contribution is -2.53. The van der Waals surface area contributed by atoms with Gasteiger partial charge in [0.2, 0.25) is 5.91 Å². The molecule has 0 spiro atoms. The lowest BCUT2D eigenvalue weighted by Gasteiger charge is -2.36. The van der Waals surface area contributed by atoms with E-state index in [1.165, 1.54) is 11.3 Å². The van der Waals surface area contributed by atoms with E-state index in [0.29, 0.717) is 13.0 Å². The first kappa shape index (κ1) is 22.4. The highest BCUT2D eigenvalue weighted by Crippen LogP contribution is 2.31. The third-order valence-corrected chi connectivity index (χ3v) is 6.19. The first-order chi connectivity index (χ1) is 15.3. The summed E-state index contributed by atoms with van der Waals surface area (Å²) >= 11 is 0. The van der Waals surface area contributed by atoms with Gasteiger partial charge in [0.25, 0.3) is 0 Å². The number of ether oxygens (including phenoxy) is 1. The first-order valence-corrected chi connectivity index (χ1v) is 11.7. The van der Waals surface area contributed by atoms with E-state index in [1.807, 2.05) is 45.2 Å². The SMILES string of the molecule is CC(C)(C)OC(=O)N1CCCC[C@H]1C(=O)N[C@@H]1CCCc2c1cnn2Cc1ccccc1. The maximum absolute atomic E-state index is 13.3. The molecule has 0 saturated carbocycles. The van der Waals surface area contributed by atoms with E-state index >= 15 is 0 Å². The summed E-state index contributed by atoms with van der Waals surface area (Å²) < 4.78 is 7.61. The average Bonchev–Trinajstić information content (AvgIpc) is 3.17. The zero-order valence-electron chi connectivity index (χ0n) is 19.3. The van der Waals surface area contributed by atoms with Crippen LogP contribution in [0.15, 0.2) is 36.5 Å². The predicted molar refractivity (Wildman–Crippen MR) is 122 cm³/mol. The van der Waals surface area contributed by atoms with Gasteiger partial charge >= 0.3 is 6.09 Å². The van der Waals surface area contributed by atoms with Crippen LogP contribution in [0, 0.1) is 0 Å². The Kier molecular flexibility index (Phi) is 6.53. The number of likely N-dealkylation sites (tertiary alicyclic amines) is 1. The van der Waals surface area contributed by atoms with E-state index in [0.717, 1.165) is 44.2 Å². The fourth-order valence-corrected chi connectivity index (χ4v) is 4.67. The Bertz CT molecular complexity index is 948. The van der Waals surface area contributed by atoms with Crippen molar-refractivity contribution in [3.63, 3.8) is 0 Å². The van der Waals surface area contributed by atoms with Crippen molar-refractivity contribution in [3.05, 3.63) is 53.3 Å². The van der Waals surface area contributed by atoms with Crippen molar-refractivity contribution >= 4 is 12.0 Å². The predicted octanol–water partition coefficient (Wildman–Crippen LogP) is 4.21. The zero-order valence-corrected chi connectivity index (χ0v) is 19.3. The molecule has 32 heavy (non-hydrogen) atoms. The number of aromatic nitrogens is 2. The summed E-state index contributed by atoms with van der Waals surface area (Å²) in [6, 6.07) is 9.74. The Morgan fingerprint density at radius 2 is 1.91 bits per heavy atom. The fourth-order valence-electron chi connectivity index (χ4n) is 4.67. The van der Waals surface area contributed by atoms with Gasteiger partial charge < -0.3 is 10.1 Å². The molecule has 1 aromatic heterocycles. The normalized spacial score (nSPS) is 21.0. The lowest BCUT2D eigenvalue weighted by atomic mass is 9.92. The van der Waals surface area contributed by atoms with Crippen LogP contribution in [-0.4, -0.2) is 44.9 Å². The maximum atomic E-state index is 13.3. The number of carbonyl (C=O) groups excluding carboxylic acids is 2. The van der Waals surface area contributed by atoms with Crippen LogP contribution in [0.25, 0.3) is 0 Å². The van der Waals surface area contributed by atoms with Crippen molar-refractivity contribution in [2.75, 3.05) is 6.54 Å². The van der Waals surface area contributed by atoms with Gasteiger partial charge in [0.1, 0.15) is 11.6 Å². The molecule has 1 aliphatic heterocycles. The molecule has 7 nitrogen and oxygen atoms in total. The Morgan fingerprint density at radius 1 is 1.12 bits per heavy atom. The third kappa shape index (κ3) is 5.14. The maximum Gasteiger partial charge on any atom is 0.410 e. The summed E-state index contributed by atoms with van der Waals surface area (Å²) in [6.07, 6.45) is 6.82. The second-order valence-electron chi connectivity index (χ2n) is 9.83. The number of amides is 2. The van der Waals surface area contributed by atoms with Crippen molar-refractivity contribution < 1.29 is 14.3 Å². The van der Waals surface area contributed by atoms with Crippen LogP contribution in [0.3, 0.4) is 0 Å². The van der Waals surface area contributed by atoms with Gasteiger partial charge in [-0.05, 0) is 64.9 Å². The van der Waals surface area contributed by atoms with Gasteiger partial charge in [0, 0.05) is 17.8 Å². The number of carbonyl (C=O) groups is 2. The number of piperidine rings is 1. The molecule has 0 unspecified atom stereocenters. The lowest BCUT2D eigenvalue weighted by molar-refractivity contribution is -0.128. The van der Waals surface area contributed by atoms with Crippen molar-refractivity contribution in [2.24, 2.45) is 0 Å². The summed E-state index contributed by atoms with van der Waals surface area (Å²) in [5.74, 6) is -0.0933. The van der Waals surface area contributed by atoms with Crippen LogP contribution in [0.1, 0.15) is 75.7 Å². The highest BCUT2D eigenvalue weighted by atomic mass is 16.6. The number of hydrogen-bond acceptors (Lipinski definition) is 4. The van der Waals surface area contributed by atoms with Crippen molar-refractivity contribution in [2.45, 2.75) is 83.5 Å². The van der Waals surface area contributed by atoms with Crippen LogP contribution in [0.4, 0.5) is 4.79 Å². The fraction of sp³-hybridized carbons (Fsp3) is 0.560. The molecular formula is C25H34N4O3. The molecule has 1 saturated heterocycles. The Labute approximate surface area is 190 Å². The van der Waals surface area contributed by atoms with Gasteiger partial charge in [0.05, 0.1) is 18.8 Å². The monoisotopic (exact) mass is 438 g/mol. The summed E-state index contributed by atoms with van der Waals surface area (Å²) in [5.41, 5.74) is 2.92. The quantitative estimate of drug-likeness (QED) is 0.776. The van der Waals surface area contributed by atoms with Crippen LogP contribution in [-0.2, 0) is 22.5 Å². The Hall–Kier alpha value is -2.83. The van der Waals surface area contributed by atoms with Crippen LogP contribution >= 0.6 is 0 Å². The van der Waals surface area contributed by atoms with E-state index in [2.05, 4.69) is 27.2 Å². The van der Waals surface area contributed by atoms with Crippen molar-refractivity contribution in [3.8, 4) is 0 Å². The minimum Gasteiger partial charge on any atom is -0.444 e. The Morgan fingerprint density at radius 3 is 2.66 bits per heavy atom. The van der Waals surface area contributed by atoms with Gasteiger partial charge in [-0.25, -0.2) is 4.79 Å². The molecule has 2 heterocycles. The molecule has 2 aromatic rings. The largest absolute Gasteiger partial charge is 0.444 e. The molecule has 0 radical (unpaired) electrons. The number of nitrogens with one attached hydrogen (secondary N) is 1. The number of nitrogens with zero attached hydrogens (tertiary/aromatic N) is 3. The standard InChI is InChI=1S/C25H34N4O3/c1-25(2,3)32-24(31)28-15-8-7-13-22(28)23(30)27-20-12-9-14-21-19(20)16-26-29(21)17-18-10-5-4-6-11-18/h4-6,10-11,16,20,22H,7-9,12-15,17H2,1-3H3,(H,27,30)/t20-,22+/m1/s1. The molecule has 0 bridgehead atoms. The minimum absolute atomic E-state index is 0.0711. The summed E-state index contributed by atoms with van der Waals surface area (Å²) in [6.45, 7) is 6.82. The molecule has 4 rings (SSSR count). The molecule has 7 heteroatoms. The number of benzene rings is 1. The molecule has 2 amide bonds. The van der Waals surface area contributed by atoms with E-state index in [4.69, 9.17) is 4.74 Å². The van der Waals surface area contributed by atoms with E-state index in [-0.39, 0.29) is 11.9 Å². The molecule has 2 aliphatic rings. The topological polar surface area (TPSA) is 76.5 Å². The molecule has 1 N–H and O–H groups in total. The van der Waals surface area contributed by atoms with E-state index in [9.17, 15) is 9.59 Å². The van der Waals surface area contributed by atoms with Gasteiger partial charge in [0.15, 0.2) is 0 Å². The molecule has 172 valence electrons. The van der Waals surface area contributed by atoms with Crippen LogP contribution < -0.4 is 5.32 Å². The molecule has 1 aromatic carbocycles. The number of fused-ring (bicyclic) bond motifs is 1. The third-order valence-electron chi connectivity index (χ3n) is 6.19. The smallest absolute Gasteiger partial charge is 0.410 e. The summed E-state index contributed by atoms with van der Waals surface area (Å²) in [4.78, 5) is 27.6. The first-order valence-electron chi connectivity index (χ1n) is 11.7. The molecular weight excluding hydrogens is 404 g/mol. The van der Waals surface area contributed by atoms with Crippen molar-refractivity contribution in [1.82, 2.24) is 20.0 Å². The average molecular weight is 439 g/mol. The molecule has 2 atom stereocenters. The highest BCUT2D eigenvalue weighted by molar-refractivity contribution is 5.86. The van der Waals surface area contributed by atoms with Gasteiger partial charge in [-0.1, -0.05) is 30.3 Å². The van der Waals surface area contributed by atoms with E-state index < -0.39 is 17.7 Å². The number of rotatable bonds is 4. The summed E-state index contributed by atoms with van der Waals surface area (Å²) in [5, 5.41) is 7.86. The Balaban J connectivity index is 1.46. The zero-order chi connectivity index (χ0) is 22.7. The molecule has 1 aliphatic carbocycles. The second kappa shape index (κ2) is 9.35. The second-order valence-corrected chi connectivity index (χ2v) is 9.83. The van der Waals surface area contributed by atoms with Crippen LogP contribution in [0.2, 0.25) is 0 Å². The number of hydrogen-bond donors (Lipinski definition) is 1. The van der Waals surface area contributed by atoms with E-state index in [1.54, 1.807) is 4.90 Å². The van der Waals surface area contributed by atoms with Gasteiger partial charge in [-0.3, -0.25) is 14.4 Å². The van der Waals surface area contributed by atoms with Crippen molar-refractivity contribution in [1.29, 1.82) is 0 Å². The van der Waals surface area contributed by atoms with Gasteiger partial charge in [-0.15, -0.1) is 0 Å². The van der Waals surface area contributed by atoms with Crippen LogP contribution in [0.5, 0.6) is 0 Å². The van der Waals surface area contributed by atoms with Gasteiger partial charge in [-0.2, -0.15) is 5.10 Å². The molecule has 1 fully saturated rings. The highest BCUT2D eigenvalue weighted by Gasteiger charge is 2.36.